The van der Waals surface area contributed by atoms with Crippen molar-refractivity contribution in [2.45, 2.75) is 20.4 Å². The number of hydrogen-bond acceptors (Lipinski definition) is 3. The fourth-order valence-corrected chi connectivity index (χ4v) is 3.33. The lowest BCUT2D eigenvalue weighted by molar-refractivity contribution is -0.125. The third kappa shape index (κ3) is 4.81. The second-order valence-electron chi connectivity index (χ2n) is 5.70. The fraction of sp³-hybridized carbons (Fsp3) is 0.350. The molecule has 0 N–H and O–H groups in total. The first-order valence-electron chi connectivity index (χ1n) is 8.56. The monoisotopic (exact) mass is 468 g/mol. The number of aromatic nitrogens is 1. The van der Waals surface area contributed by atoms with E-state index < -0.39 is 0 Å². The summed E-state index contributed by atoms with van der Waals surface area (Å²) < 4.78 is 14.0. The first-order chi connectivity index (χ1) is 12.5. The highest BCUT2D eigenvalue weighted by atomic mass is 127. The van der Waals surface area contributed by atoms with Gasteiger partial charge in [0.05, 0.1) is 14.2 Å². The summed E-state index contributed by atoms with van der Waals surface area (Å²) >= 11 is 2.30. The minimum absolute atomic E-state index is 0.0310. The molecular formula is C20H25IN2O3. The van der Waals surface area contributed by atoms with Crippen LogP contribution in [0.15, 0.2) is 36.5 Å². The SMILES string of the molecule is CCN(CC)C(=O)/C=C/c1cccn1Cc1cc(OC)c(OC)cc1I. The van der Waals surface area contributed by atoms with Crippen LogP contribution in [0.25, 0.3) is 6.08 Å². The lowest BCUT2D eigenvalue weighted by Crippen LogP contribution is -2.28. The highest BCUT2D eigenvalue weighted by Crippen LogP contribution is 2.31. The van der Waals surface area contributed by atoms with Crippen molar-refractivity contribution in [3.63, 3.8) is 0 Å². The van der Waals surface area contributed by atoms with Gasteiger partial charge in [-0.3, -0.25) is 4.79 Å². The van der Waals surface area contributed by atoms with Gasteiger partial charge in [0, 0.05) is 41.2 Å². The zero-order valence-electron chi connectivity index (χ0n) is 15.7. The topological polar surface area (TPSA) is 43.7 Å². The third-order valence-corrected chi connectivity index (χ3v) is 5.23. The number of methoxy groups -OCH3 is 2. The molecule has 0 aliphatic heterocycles. The molecule has 140 valence electrons. The summed E-state index contributed by atoms with van der Waals surface area (Å²) in [7, 11) is 3.27. The zero-order chi connectivity index (χ0) is 19.1. The number of carbonyl (C=O) groups excluding carboxylic acids is 1. The molecule has 0 radical (unpaired) electrons. The predicted molar refractivity (Wildman–Crippen MR) is 113 cm³/mol. The molecule has 6 heteroatoms. The van der Waals surface area contributed by atoms with Crippen molar-refractivity contribution in [1.29, 1.82) is 0 Å². The van der Waals surface area contributed by atoms with Crippen molar-refractivity contribution < 1.29 is 14.3 Å². The maximum absolute atomic E-state index is 12.2. The molecule has 0 unspecified atom stereocenters. The first-order valence-corrected chi connectivity index (χ1v) is 9.64. The van der Waals surface area contributed by atoms with Crippen LogP contribution in [0.5, 0.6) is 11.5 Å². The molecule has 26 heavy (non-hydrogen) atoms. The minimum atomic E-state index is 0.0310. The van der Waals surface area contributed by atoms with E-state index in [1.54, 1.807) is 25.2 Å². The molecule has 1 heterocycles. The Morgan fingerprint density at radius 2 is 1.85 bits per heavy atom. The van der Waals surface area contributed by atoms with Crippen molar-refractivity contribution in [3.05, 3.63) is 51.4 Å². The molecule has 1 aromatic carbocycles. The van der Waals surface area contributed by atoms with Crippen LogP contribution in [0, 0.1) is 3.57 Å². The smallest absolute Gasteiger partial charge is 0.246 e. The van der Waals surface area contributed by atoms with Gasteiger partial charge in [0.1, 0.15) is 0 Å². The summed E-state index contributed by atoms with van der Waals surface area (Å²) in [6.45, 7) is 6.08. The Labute approximate surface area is 168 Å². The van der Waals surface area contributed by atoms with Gasteiger partial charge in [-0.15, -0.1) is 0 Å². The largest absolute Gasteiger partial charge is 0.493 e. The fourth-order valence-electron chi connectivity index (χ4n) is 2.72. The van der Waals surface area contributed by atoms with E-state index >= 15 is 0 Å². The number of halogens is 1. The van der Waals surface area contributed by atoms with Crippen LogP contribution >= 0.6 is 22.6 Å². The molecule has 0 bridgehead atoms. The van der Waals surface area contributed by atoms with Crippen LogP contribution in [0.4, 0.5) is 0 Å². The molecule has 0 spiro atoms. The molecule has 2 aromatic rings. The summed E-state index contributed by atoms with van der Waals surface area (Å²) in [6.07, 6.45) is 5.51. The molecule has 0 saturated carbocycles. The highest BCUT2D eigenvalue weighted by molar-refractivity contribution is 14.1. The van der Waals surface area contributed by atoms with E-state index in [9.17, 15) is 4.79 Å². The van der Waals surface area contributed by atoms with Crippen LogP contribution in [-0.2, 0) is 11.3 Å². The number of hydrogen-bond donors (Lipinski definition) is 0. The Morgan fingerprint density at radius 3 is 2.46 bits per heavy atom. The molecule has 0 aliphatic rings. The van der Waals surface area contributed by atoms with E-state index in [0.717, 1.165) is 20.6 Å². The van der Waals surface area contributed by atoms with Crippen molar-refractivity contribution in [2.24, 2.45) is 0 Å². The lowest BCUT2D eigenvalue weighted by atomic mass is 10.2. The molecule has 2 rings (SSSR count). The van der Waals surface area contributed by atoms with Gasteiger partial charge in [-0.05, 0) is 72.3 Å². The van der Waals surface area contributed by atoms with Gasteiger partial charge in [-0.25, -0.2) is 0 Å². The van der Waals surface area contributed by atoms with Gasteiger partial charge in [0.2, 0.25) is 5.91 Å². The predicted octanol–water partition coefficient (Wildman–Crippen LogP) is 4.04. The Morgan fingerprint density at radius 1 is 1.19 bits per heavy atom. The number of amides is 1. The molecule has 0 fully saturated rings. The Balaban J connectivity index is 2.23. The summed E-state index contributed by atoms with van der Waals surface area (Å²) in [5.41, 5.74) is 2.11. The van der Waals surface area contributed by atoms with Gasteiger partial charge in [0.15, 0.2) is 11.5 Å². The van der Waals surface area contributed by atoms with Crippen LogP contribution in [0.3, 0.4) is 0 Å². The quantitative estimate of drug-likeness (QED) is 0.434. The normalized spacial score (nSPS) is 11.0. The number of carbonyl (C=O) groups is 1. The van der Waals surface area contributed by atoms with E-state index in [2.05, 4.69) is 27.2 Å². The van der Waals surface area contributed by atoms with Crippen molar-refractivity contribution in [2.75, 3.05) is 27.3 Å². The minimum Gasteiger partial charge on any atom is -0.493 e. The summed E-state index contributed by atoms with van der Waals surface area (Å²) in [6, 6.07) is 7.95. The van der Waals surface area contributed by atoms with Crippen LogP contribution in [0.2, 0.25) is 0 Å². The van der Waals surface area contributed by atoms with Gasteiger partial charge in [-0.2, -0.15) is 0 Å². The second kappa shape index (κ2) is 9.66. The van der Waals surface area contributed by atoms with E-state index in [1.807, 2.05) is 50.4 Å². The van der Waals surface area contributed by atoms with Crippen LogP contribution in [-0.4, -0.2) is 42.7 Å². The average molecular weight is 468 g/mol. The number of benzene rings is 1. The van der Waals surface area contributed by atoms with Crippen molar-refractivity contribution >= 4 is 34.6 Å². The van der Waals surface area contributed by atoms with Crippen LogP contribution < -0.4 is 9.47 Å². The zero-order valence-corrected chi connectivity index (χ0v) is 17.8. The maximum atomic E-state index is 12.2. The standard InChI is InChI=1S/C20H25IN2O3/c1-5-22(6-2)20(24)10-9-16-8-7-11-23(16)14-15-12-18(25-3)19(26-4)13-17(15)21/h7-13H,5-6,14H2,1-4H3/b10-9+. The molecule has 1 aromatic heterocycles. The third-order valence-electron chi connectivity index (χ3n) is 4.23. The molecule has 0 aliphatic carbocycles. The van der Waals surface area contributed by atoms with Gasteiger partial charge in [0.25, 0.3) is 0 Å². The molecular weight excluding hydrogens is 443 g/mol. The Bertz CT molecular complexity index is 779. The maximum Gasteiger partial charge on any atom is 0.246 e. The number of nitrogens with zero attached hydrogens (tertiary/aromatic N) is 2. The second-order valence-corrected chi connectivity index (χ2v) is 6.87. The van der Waals surface area contributed by atoms with E-state index in [-0.39, 0.29) is 5.91 Å². The van der Waals surface area contributed by atoms with Gasteiger partial charge >= 0.3 is 0 Å². The summed E-state index contributed by atoms with van der Waals surface area (Å²) in [5.74, 6) is 1.46. The van der Waals surface area contributed by atoms with E-state index in [1.165, 1.54) is 0 Å². The first kappa shape index (κ1) is 20.4. The molecule has 0 saturated heterocycles. The number of likely N-dealkylation sites (N-methyl/N-ethyl adjacent to an activating group) is 1. The number of rotatable bonds is 8. The van der Waals surface area contributed by atoms with Gasteiger partial charge < -0.3 is 18.9 Å². The van der Waals surface area contributed by atoms with Crippen molar-refractivity contribution in [1.82, 2.24) is 9.47 Å². The summed E-state index contributed by atoms with van der Waals surface area (Å²) in [5, 5.41) is 0. The Hall–Kier alpha value is -1.96. The lowest BCUT2D eigenvalue weighted by Gasteiger charge is -2.16. The van der Waals surface area contributed by atoms with E-state index in [4.69, 9.17) is 9.47 Å². The molecule has 1 amide bonds. The number of ether oxygens (including phenoxy) is 2. The molecule has 5 nitrogen and oxygen atoms in total. The van der Waals surface area contributed by atoms with Crippen molar-refractivity contribution in [3.8, 4) is 11.5 Å². The summed E-state index contributed by atoms with van der Waals surface area (Å²) in [4.78, 5) is 14.0. The Kier molecular flexibility index (Phi) is 7.56. The van der Waals surface area contributed by atoms with Gasteiger partial charge in [-0.1, -0.05) is 0 Å². The van der Waals surface area contributed by atoms with Crippen LogP contribution in [0.1, 0.15) is 25.1 Å². The van der Waals surface area contributed by atoms with E-state index in [0.29, 0.717) is 25.4 Å². The highest BCUT2D eigenvalue weighted by Gasteiger charge is 2.11. The average Bonchev–Trinajstić information content (AvgIpc) is 3.09. The molecule has 0 atom stereocenters.